The third-order valence-corrected chi connectivity index (χ3v) is 4.23. The first-order valence-electron chi connectivity index (χ1n) is 8.24. The molecule has 0 aromatic heterocycles. The van der Waals surface area contributed by atoms with Crippen LogP contribution in [0.3, 0.4) is 0 Å². The molecule has 0 saturated heterocycles. The van der Waals surface area contributed by atoms with E-state index < -0.39 is 11.9 Å². The lowest BCUT2D eigenvalue weighted by Gasteiger charge is -2.31. The van der Waals surface area contributed by atoms with Gasteiger partial charge in [-0.3, -0.25) is 0 Å². The minimum absolute atomic E-state index is 0.605. The van der Waals surface area contributed by atoms with Crippen LogP contribution in [-0.2, 0) is 28.4 Å². The highest BCUT2D eigenvalue weighted by atomic mass is 16.9. The second-order valence-corrected chi connectivity index (χ2v) is 5.43. The summed E-state index contributed by atoms with van der Waals surface area (Å²) in [6.07, 6.45) is 2.99. The predicted molar refractivity (Wildman–Crippen MR) is 91.5 cm³/mol. The van der Waals surface area contributed by atoms with Crippen molar-refractivity contribution in [3.8, 4) is 0 Å². The lowest BCUT2D eigenvalue weighted by atomic mass is 10.2. The summed E-state index contributed by atoms with van der Waals surface area (Å²) >= 11 is 0. The van der Waals surface area contributed by atoms with Gasteiger partial charge in [0.05, 0.1) is 0 Å². The molecule has 0 radical (unpaired) electrons. The molecule has 0 bridgehead atoms. The topological polar surface area (TPSA) is 84.6 Å². The molecule has 0 aromatic carbocycles. The molecule has 0 unspecified atom stereocenters. The van der Waals surface area contributed by atoms with Crippen molar-refractivity contribution in [3.63, 3.8) is 0 Å². The predicted octanol–water partition coefficient (Wildman–Crippen LogP) is 0.994. The summed E-state index contributed by atoms with van der Waals surface area (Å²) in [4.78, 5) is 2.29. The van der Waals surface area contributed by atoms with Crippen LogP contribution in [0, 0.1) is 0 Å². The zero-order valence-electron chi connectivity index (χ0n) is 16.1. The Morgan fingerprint density at radius 2 is 0.958 bits per heavy atom. The van der Waals surface area contributed by atoms with Gasteiger partial charge in [0.15, 0.2) is 0 Å². The zero-order chi connectivity index (χ0) is 18.5. The maximum atomic E-state index is 5.71. The maximum absolute atomic E-state index is 5.71. The van der Waals surface area contributed by atoms with Crippen LogP contribution in [-0.4, -0.2) is 85.7 Å². The Balaban J connectivity index is 4.35. The van der Waals surface area contributed by atoms with E-state index in [9.17, 15) is 0 Å². The molecule has 24 heavy (non-hydrogen) atoms. The Morgan fingerprint density at radius 1 is 0.625 bits per heavy atom. The van der Waals surface area contributed by atoms with Crippen molar-refractivity contribution in [2.45, 2.75) is 37.6 Å². The minimum atomic E-state index is -0.980. The van der Waals surface area contributed by atoms with Gasteiger partial charge in [-0.05, 0) is 25.9 Å². The standard InChI is InChI=1S/C16H36N2O6/c1-19-15(20-2,21-3)9-7-12-18(14-11-17)13-8-10-16(22-4,23-5)24-6/h7-14,17H2,1-6H3. The fourth-order valence-corrected chi connectivity index (χ4v) is 2.67. The Morgan fingerprint density at radius 3 is 1.21 bits per heavy atom. The first kappa shape index (κ1) is 23.7. The number of nitrogens with two attached hydrogens (primary N) is 1. The van der Waals surface area contributed by atoms with E-state index in [1.54, 1.807) is 42.7 Å². The molecule has 0 aliphatic rings. The van der Waals surface area contributed by atoms with Gasteiger partial charge in [-0.25, -0.2) is 0 Å². The molecule has 0 aromatic rings. The van der Waals surface area contributed by atoms with Crippen LogP contribution in [0.5, 0.6) is 0 Å². The Labute approximate surface area is 146 Å². The summed E-state index contributed by atoms with van der Waals surface area (Å²) in [7, 11) is 9.44. The van der Waals surface area contributed by atoms with Crippen molar-refractivity contribution in [2.75, 3.05) is 68.8 Å². The van der Waals surface area contributed by atoms with E-state index in [1.807, 2.05) is 0 Å². The van der Waals surface area contributed by atoms with E-state index in [1.165, 1.54) is 0 Å². The van der Waals surface area contributed by atoms with E-state index in [4.69, 9.17) is 34.2 Å². The second-order valence-electron chi connectivity index (χ2n) is 5.43. The molecule has 0 fully saturated rings. The molecule has 0 atom stereocenters. The number of hydrogen-bond donors (Lipinski definition) is 1. The molecule has 146 valence electrons. The number of hydrogen-bond acceptors (Lipinski definition) is 8. The third-order valence-electron chi connectivity index (χ3n) is 4.23. The van der Waals surface area contributed by atoms with Gasteiger partial charge < -0.3 is 39.1 Å². The van der Waals surface area contributed by atoms with Crippen LogP contribution in [0.1, 0.15) is 25.7 Å². The fourth-order valence-electron chi connectivity index (χ4n) is 2.67. The van der Waals surface area contributed by atoms with Crippen LogP contribution < -0.4 is 5.73 Å². The van der Waals surface area contributed by atoms with Gasteiger partial charge in [-0.2, -0.15) is 0 Å². The molecule has 8 heteroatoms. The summed E-state index contributed by atoms with van der Waals surface area (Å²) in [5, 5.41) is 0. The maximum Gasteiger partial charge on any atom is 0.282 e. The average molecular weight is 352 g/mol. The van der Waals surface area contributed by atoms with Crippen molar-refractivity contribution >= 4 is 0 Å². The minimum Gasteiger partial charge on any atom is -0.331 e. The summed E-state index contributed by atoms with van der Waals surface area (Å²) in [5.74, 6) is -1.96. The van der Waals surface area contributed by atoms with Crippen LogP contribution in [0.2, 0.25) is 0 Å². The van der Waals surface area contributed by atoms with E-state index in [2.05, 4.69) is 4.90 Å². The van der Waals surface area contributed by atoms with Crippen molar-refractivity contribution in [1.29, 1.82) is 0 Å². The van der Waals surface area contributed by atoms with Crippen LogP contribution in [0.4, 0.5) is 0 Å². The zero-order valence-corrected chi connectivity index (χ0v) is 16.1. The largest absolute Gasteiger partial charge is 0.331 e. The first-order valence-corrected chi connectivity index (χ1v) is 8.24. The fraction of sp³-hybridized carbons (Fsp3) is 1.00. The average Bonchev–Trinajstić information content (AvgIpc) is 2.63. The molecule has 0 heterocycles. The lowest BCUT2D eigenvalue weighted by Crippen LogP contribution is -2.39. The summed E-state index contributed by atoms with van der Waals surface area (Å²) < 4.78 is 31.9. The monoisotopic (exact) mass is 352 g/mol. The van der Waals surface area contributed by atoms with Gasteiger partial charge in [0.25, 0.3) is 11.9 Å². The summed E-state index contributed by atoms with van der Waals surface area (Å²) in [5.41, 5.74) is 5.71. The molecule has 0 spiro atoms. The Kier molecular flexibility index (Phi) is 12.8. The van der Waals surface area contributed by atoms with Gasteiger partial charge in [0, 0.05) is 68.6 Å². The van der Waals surface area contributed by atoms with E-state index >= 15 is 0 Å². The molecule has 0 saturated carbocycles. The first-order chi connectivity index (χ1) is 11.5. The number of ether oxygens (including phenoxy) is 6. The molecule has 8 nitrogen and oxygen atoms in total. The molecule has 0 aliphatic heterocycles. The number of nitrogens with zero attached hydrogens (tertiary/aromatic N) is 1. The SMILES string of the molecule is COC(CCCN(CCN)CCCC(OC)(OC)OC)(OC)OC. The van der Waals surface area contributed by atoms with E-state index in [0.29, 0.717) is 19.4 Å². The second kappa shape index (κ2) is 13.0. The van der Waals surface area contributed by atoms with Gasteiger partial charge in [0.1, 0.15) is 0 Å². The molecular formula is C16H36N2O6. The number of rotatable bonds is 16. The van der Waals surface area contributed by atoms with E-state index in [0.717, 1.165) is 32.5 Å². The third kappa shape index (κ3) is 7.71. The van der Waals surface area contributed by atoms with Gasteiger partial charge in [0.2, 0.25) is 0 Å². The molecule has 0 aliphatic carbocycles. The highest BCUT2D eigenvalue weighted by molar-refractivity contribution is 4.65. The normalized spacial score (nSPS) is 13.0. The van der Waals surface area contributed by atoms with Crippen molar-refractivity contribution in [3.05, 3.63) is 0 Å². The van der Waals surface area contributed by atoms with Crippen molar-refractivity contribution in [1.82, 2.24) is 4.90 Å². The Hall–Kier alpha value is -0.320. The van der Waals surface area contributed by atoms with Gasteiger partial charge >= 0.3 is 0 Å². The molecule has 2 N–H and O–H groups in total. The molecule has 0 amide bonds. The van der Waals surface area contributed by atoms with Gasteiger partial charge in [-0.15, -0.1) is 0 Å². The van der Waals surface area contributed by atoms with Gasteiger partial charge in [-0.1, -0.05) is 0 Å². The van der Waals surface area contributed by atoms with E-state index in [-0.39, 0.29) is 0 Å². The van der Waals surface area contributed by atoms with Crippen molar-refractivity contribution in [2.24, 2.45) is 5.73 Å². The molecular weight excluding hydrogens is 316 g/mol. The highest BCUT2D eigenvalue weighted by Crippen LogP contribution is 2.21. The van der Waals surface area contributed by atoms with Crippen LogP contribution in [0.25, 0.3) is 0 Å². The summed E-state index contributed by atoms with van der Waals surface area (Å²) in [6.45, 7) is 3.16. The summed E-state index contributed by atoms with van der Waals surface area (Å²) in [6, 6.07) is 0. The number of methoxy groups -OCH3 is 6. The van der Waals surface area contributed by atoms with Crippen LogP contribution >= 0.6 is 0 Å². The van der Waals surface area contributed by atoms with Crippen molar-refractivity contribution < 1.29 is 28.4 Å². The lowest BCUT2D eigenvalue weighted by molar-refractivity contribution is -0.355. The quantitative estimate of drug-likeness (QED) is 0.412. The smallest absolute Gasteiger partial charge is 0.282 e. The molecule has 0 rings (SSSR count). The van der Waals surface area contributed by atoms with Crippen LogP contribution in [0.15, 0.2) is 0 Å². The highest BCUT2D eigenvalue weighted by Gasteiger charge is 2.30. The Bertz CT molecular complexity index is 256.